The number of carbonyl (C=O) groups excluding carboxylic acids is 4. The minimum Gasteiger partial charge on any atom is -0.344 e. The number of benzene rings is 2. The van der Waals surface area contributed by atoms with Gasteiger partial charge in [-0.15, -0.1) is 0 Å². The molecule has 0 aliphatic carbocycles. The number of hydrogen-bond donors (Lipinski definition) is 3. The summed E-state index contributed by atoms with van der Waals surface area (Å²) in [5, 5.41) is 6.08. The number of carbonyl (C=O) groups is 4. The Balaban J connectivity index is 2.25. The van der Waals surface area contributed by atoms with Crippen LogP contribution < -0.4 is 16.0 Å². The molecule has 2 aromatic rings. The number of Topliss-reactive ketones (excluding diaryl/α,β-unsaturated/α-hetero) is 1. The summed E-state index contributed by atoms with van der Waals surface area (Å²) in [4.78, 5) is 50.2. The van der Waals surface area contributed by atoms with Crippen molar-refractivity contribution in [2.24, 2.45) is 5.92 Å². The van der Waals surface area contributed by atoms with Crippen LogP contribution in [0, 0.1) is 5.92 Å². The van der Waals surface area contributed by atoms with Crippen molar-refractivity contribution < 1.29 is 41.1 Å². The first kappa shape index (κ1) is 33.7. The van der Waals surface area contributed by atoms with Gasteiger partial charge in [-0.2, -0.15) is 22.0 Å². The second-order valence-corrected chi connectivity index (χ2v) is 10.0. The molecule has 0 aliphatic heterocycles. The van der Waals surface area contributed by atoms with Crippen molar-refractivity contribution in [2.45, 2.75) is 44.5 Å². The van der Waals surface area contributed by atoms with Gasteiger partial charge in [-0.05, 0) is 35.3 Å². The normalized spacial score (nSPS) is 13.5. The smallest absolute Gasteiger partial charge is 0.344 e. The van der Waals surface area contributed by atoms with Gasteiger partial charge in [0.15, 0.2) is 0 Å². The van der Waals surface area contributed by atoms with Crippen molar-refractivity contribution >= 4 is 52.8 Å². The molecule has 0 unspecified atom stereocenters. The predicted molar refractivity (Wildman–Crippen MR) is 143 cm³/mol. The average Bonchev–Trinajstić information content (AvgIpc) is 2.90. The van der Waals surface area contributed by atoms with E-state index in [4.69, 9.17) is 23.2 Å². The lowest BCUT2D eigenvalue weighted by Gasteiger charge is -2.27. The molecule has 0 bridgehead atoms. The van der Waals surface area contributed by atoms with Crippen LogP contribution in [0.2, 0.25) is 10.0 Å². The lowest BCUT2D eigenvalue weighted by atomic mass is 9.94. The second kappa shape index (κ2) is 14.4. The molecule has 0 spiro atoms. The van der Waals surface area contributed by atoms with Gasteiger partial charge in [-0.25, -0.2) is 0 Å². The van der Waals surface area contributed by atoms with E-state index < -0.39 is 60.1 Å². The molecule has 41 heavy (non-hydrogen) atoms. The SMILES string of the molecule is CC(C)[C@H](NC(=O)[C@H](Cc1ccccc1)NC(=O)C=Cc1ccc(Cl)c(Cl)c1)C(=O)C(F)(F)C(=O)NCC(F)(F)F. The van der Waals surface area contributed by atoms with E-state index in [1.54, 1.807) is 36.4 Å². The maximum Gasteiger partial charge on any atom is 0.405 e. The highest BCUT2D eigenvalue weighted by atomic mass is 35.5. The Morgan fingerprint density at radius 2 is 1.54 bits per heavy atom. The molecule has 0 heterocycles. The highest BCUT2D eigenvalue weighted by molar-refractivity contribution is 6.42. The Bertz CT molecular complexity index is 1290. The molecule has 222 valence electrons. The molecule has 0 saturated heterocycles. The molecule has 2 aromatic carbocycles. The number of hydrogen-bond acceptors (Lipinski definition) is 4. The molecular weight excluding hydrogens is 596 g/mol. The van der Waals surface area contributed by atoms with Gasteiger partial charge in [-0.1, -0.05) is 73.4 Å². The van der Waals surface area contributed by atoms with Crippen LogP contribution >= 0.6 is 23.2 Å². The van der Waals surface area contributed by atoms with Gasteiger partial charge >= 0.3 is 12.1 Å². The fourth-order valence-corrected chi connectivity index (χ4v) is 3.76. The summed E-state index contributed by atoms with van der Waals surface area (Å²) in [7, 11) is 0. The third-order valence-corrected chi connectivity index (χ3v) is 6.32. The summed E-state index contributed by atoms with van der Waals surface area (Å²) in [6.07, 6.45) is -2.62. The zero-order chi connectivity index (χ0) is 31.0. The summed E-state index contributed by atoms with van der Waals surface area (Å²) in [5.41, 5.74) is 1.08. The molecule has 2 atom stereocenters. The van der Waals surface area contributed by atoms with Crippen LogP contribution in [0.1, 0.15) is 25.0 Å². The van der Waals surface area contributed by atoms with Crippen molar-refractivity contribution in [3.05, 3.63) is 75.8 Å². The molecule has 3 amide bonds. The number of halogens is 7. The highest BCUT2D eigenvalue weighted by Crippen LogP contribution is 2.24. The van der Waals surface area contributed by atoms with E-state index in [0.29, 0.717) is 16.1 Å². The first-order valence-corrected chi connectivity index (χ1v) is 12.8. The fourth-order valence-electron chi connectivity index (χ4n) is 3.45. The molecule has 14 heteroatoms. The largest absolute Gasteiger partial charge is 0.405 e. The van der Waals surface area contributed by atoms with Crippen LogP contribution in [0.4, 0.5) is 22.0 Å². The summed E-state index contributed by atoms with van der Waals surface area (Å²) in [5.74, 6) is -12.2. The maximum absolute atomic E-state index is 14.5. The number of rotatable bonds is 12. The molecule has 0 saturated carbocycles. The van der Waals surface area contributed by atoms with Gasteiger partial charge in [0.05, 0.1) is 16.1 Å². The third kappa shape index (κ3) is 10.4. The van der Waals surface area contributed by atoms with Gasteiger partial charge in [0.1, 0.15) is 12.6 Å². The quantitative estimate of drug-likeness (QED) is 0.181. The number of nitrogens with one attached hydrogen (secondary N) is 3. The Labute approximate surface area is 242 Å². The Kier molecular flexibility index (Phi) is 11.8. The van der Waals surface area contributed by atoms with E-state index in [2.05, 4.69) is 10.6 Å². The minimum absolute atomic E-state index is 0.111. The van der Waals surface area contributed by atoms with E-state index in [1.807, 2.05) is 0 Å². The van der Waals surface area contributed by atoms with Crippen LogP contribution in [0.25, 0.3) is 6.08 Å². The average molecular weight is 622 g/mol. The van der Waals surface area contributed by atoms with Crippen LogP contribution in [-0.2, 0) is 25.6 Å². The molecule has 3 N–H and O–H groups in total. The monoisotopic (exact) mass is 621 g/mol. The topological polar surface area (TPSA) is 104 Å². The van der Waals surface area contributed by atoms with Gasteiger partial charge in [-0.3, -0.25) is 19.2 Å². The van der Waals surface area contributed by atoms with Crippen molar-refractivity contribution in [3.63, 3.8) is 0 Å². The van der Waals surface area contributed by atoms with Gasteiger partial charge in [0, 0.05) is 12.5 Å². The molecule has 7 nitrogen and oxygen atoms in total. The molecule has 0 radical (unpaired) electrons. The van der Waals surface area contributed by atoms with E-state index >= 15 is 0 Å². The highest BCUT2D eigenvalue weighted by Gasteiger charge is 2.52. The summed E-state index contributed by atoms with van der Waals surface area (Å²) < 4.78 is 66.2. The second-order valence-electron chi connectivity index (χ2n) is 9.22. The lowest BCUT2D eigenvalue weighted by Crippen LogP contribution is -2.59. The molecule has 0 aliphatic rings. The van der Waals surface area contributed by atoms with Crippen molar-refractivity contribution in [1.29, 1.82) is 0 Å². The van der Waals surface area contributed by atoms with E-state index in [-0.39, 0.29) is 11.4 Å². The zero-order valence-electron chi connectivity index (χ0n) is 21.7. The lowest BCUT2D eigenvalue weighted by molar-refractivity contribution is -0.165. The number of ketones is 1. The van der Waals surface area contributed by atoms with Crippen LogP contribution in [0.3, 0.4) is 0 Å². The maximum atomic E-state index is 14.5. The standard InChI is InChI=1S/C27H26Cl2F5N3O4/c1-15(2)22(23(39)27(33,34)25(41)35-14-26(30,31)32)37-24(40)20(13-16-6-4-3-5-7-16)36-21(38)11-9-17-8-10-18(28)19(29)12-17/h3-12,15,20,22H,13-14H2,1-2H3,(H,35,41)(H,36,38)(H,37,40)/t20-,22-/m0/s1. The van der Waals surface area contributed by atoms with Gasteiger partial charge in [0.2, 0.25) is 17.6 Å². The Morgan fingerprint density at radius 3 is 2.10 bits per heavy atom. The first-order valence-electron chi connectivity index (χ1n) is 12.1. The minimum atomic E-state index is -4.99. The van der Waals surface area contributed by atoms with E-state index in [0.717, 1.165) is 11.4 Å². The van der Waals surface area contributed by atoms with Gasteiger partial charge < -0.3 is 16.0 Å². The van der Waals surface area contributed by atoms with Crippen molar-refractivity contribution in [3.8, 4) is 0 Å². The fraction of sp³-hybridized carbons (Fsp3) is 0.333. The number of alkyl halides is 5. The summed E-state index contributed by atoms with van der Waals surface area (Å²) in [6.45, 7) is 0.503. The van der Waals surface area contributed by atoms with Crippen LogP contribution in [0.5, 0.6) is 0 Å². The molecular formula is C27H26Cl2F5N3O4. The Morgan fingerprint density at radius 1 is 0.902 bits per heavy atom. The third-order valence-electron chi connectivity index (χ3n) is 5.58. The molecule has 0 aromatic heterocycles. The summed E-state index contributed by atoms with van der Waals surface area (Å²) >= 11 is 11.8. The van der Waals surface area contributed by atoms with E-state index in [1.165, 1.54) is 32.1 Å². The van der Waals surface area contributed by atoms with Gasteiger partial charge in [0.25, 0.3) is 5.91 Å². The molecule has 2 rings (SSSR count). The van der Waals surface area contributed by atoms with Crippen LogP contribution in [-0.4, -0.2) is 54.2 Å². The van der Waals surface area contributed by atoms with E-state index in [9.17, 15) is 41.1 Å². The summed E-state index contributed by atoms with van der Waals surface area (Å²) in [6, 6.07) is 9.55. The predicted octanol–water partition coefficient (Wildman–Crippen LogP) is 4.76. The van der Waals surface area contributed by atoms with Crippen LogP contribution in [0.15, 0.2) is 54.6 Å². The van der Waals surface area contributed by atoms with Crippen molar-refractivity contribution in [1.82, 2.24) is 16.0 Å². The number of amides is 3. The first-order chi connectivity index (χ1) is 19.0. The Hall–Kier alpha value is -3.51. The zero-order valence-corrected chi connectivity index (χ0v) is 23.2. The van der Waals surface area contributed by atoms with Crippen molar-refractivity contribution in [2.75, 3.05) is 6.54 Å². The molecule has 0 fully saturated rings.